The lowest BCUT2D eigenvalue weighted by Gasteiger charge is -2.25. The summed E-state index contributed by atoms with van der Waals surface area (Å²) >= 11 is 1.06. The molecular formula is C28H23FN2O6S. The van der Waals surface area contributed by atoms with Crippen LogP contribution in [0.15, 0.2) is 66.2 Å². The zero-order chi connectivity index (χ0) is 27.0. The molecule has 0 aliphatic carbocycles. The van der Waals surface area contributed by atoms with Crippen molar-refractivity contribution in [2.45, 2.75) is 13.0 Å². The van der Waals surface area contributed by atoms with Gasteiger partial charge in [-0.1, -0.05) is 23.5 Å². The lowest BCUT2D eigenvalue weighted by atomic mass is 9.94. The number of ketones is 1. The van der Waals surface area contributed by atoms with Crippen molar-refractivity contribution in [2.75, 3.05) is 25.7 Å². The molecule has 1 N–H and O–H groups in total. The number of nitrogens with zero attached hydrogens (tertiary/aromatic N) is 2. The molecule has 0 saturated carbocycles. The zero-order valence-electron chi connectivity index (χ0n) is 20.7. The van der Waals surface area contributed by atoms with Crippen LogP contribution in [0.5, 0.6) is 17.2 Å². The highest BCUT2D eigenvalue weighted by Crippen LogP contribution is 2.48. The number of aliphatic hydroxyl groups excluding tert-OH is 1. The Morgan fingerprint density at radius 1 is 1.08 bits per heavy atom. The molecule has 194 valence electrons. The van der Waals surface area contributed by atoms with Crippen molar-refractivity contribution in [3.63, 3.8) is 0 Å². The van der Waals surface area contributed by atoms with E-state index >= 15 is 0 Å². The van der Waals surface area contributed by atoms with Crippen molar-refractivity contribution in [3.8, 4) is 17.2 Å². The van der Waals surface area contributed by atoms with Gasteiger partial charge in [0, 0.05) is 11.1 Å². The Kier molecular flexibility index (Phi) is 6.73. The van der Waals surface area contributed by atoms with Gasteiger partial charge in [-0.25, -0.2) is 9.37 Å². The average Bonchev–Trinajstić information content (AvgIpc) is 3.45. The Hall–Kier alpha value is -4.44. The second kappa shape index (κ2) is 10.1. The molecule has 0 unspecified atom stereocenters. The molecule has 8 nitrogen and oxygen atoms in total. The number of amides is 1. The van der Waals surface area contributed by atoms with Crippen LogP contribution >= 0.6 is 11.3 Å². The van der Waals surface area contributed by atoms with Crippen LogP contribution in [-0.2, 0) is 9.59 Å². The summed E-state index contributed by atoms with van der Waals surface area (Å²) in [6.45, 7) is 2.32. The summed E-state index contributed by atoms with van der Waals surface area (Å²) in [6.07, 6.45) is 0. The number of anilines is 1. The minimum atomic E-state index is -1.10. The fraction of sp³-hybridized carbons (Fsp3) is 0.179. The molecule has 1 atom stereocenters. The van der Waals surface area contributed by atoms with Crippen LogP contribution in [0.2, 0.25) is 0 Å². The van der Waals surface area contributed by atoms with Gasteiger partial charge in [0.2, 0.25) is 0 Å². The Morgan fingerprint density at radius 3 is 2.53 bits per heavy atom. The number of fused-ring (bicyclic) bond motifs is 1. The first kappa shape index (κ1) is 25.2. The van der Waals surface area contributed by atoms with Gasteiger partial charge in [0.15, 0.2) is 16.6 Å². The van der Waals surface area contributed by atoms with E-state index < -0.39 is 23.5 Å². The third-order valence-corrected chi connectivity index (χ3v) is 7.17. The van der Waals surface area contributed by atoms with Gasteiger partial charge in [-0.15, -0.1) is 0 Å². The van der Waals surface area contributed by atoms with Crippen LogP contribution in [0.25, 0.3) is 16.0 Å². The third-order valence-electron chi connectivity index (χ3n) is 6.16. The van der Waals surface area contributed by atoms with E-state index in [0.29, 0.717) is 39.4 Å². The molecule has 4 aromatic rings. The Balaban J connectivity index is 1.74. The summed E-state index contributed by atoms with van der Waals surface area (Å²) < 4.78 is 30.9. The van der Waals surface area contributed by atoms with Gasteiger partial charge >= 0.3 is 5.91 Å². The highest BCUT2D eigenvalue weighted by Gasteiger charge is 2.49. The van der Waals surface area contributed by atoms with Crippen LogP contribution in [0.4, 0.5) is 9.52 Å². The number of hydrogen-bond acceptors (Lipinski definition) is 8. The van der Waals surface area contributed by atoms with Gasteiger partial charge in [-0.3, -0.25) is 14.5 Å². The first-order chi connectivity index (χ1) is 18.4. The van der Waals surface area contributed by atoms with E-state index in [1.165, 1.54) is 37.3 Å². The molecular weight excluding hydrogens is 511 g/mol. The van der Waals surface area contributed by atoms with Crippen LogP contribution in [0.1, 0.15) is 24.1 Å². The molecule has 1 amide bonds. The maximum Gasteiger partial charge on any atom is 0.301 e. The standard InChI is InChI=1S/C28H23FN2O6S/c1-4-37-17-11-8-15(9-12-17)24(32)22-23(18-6-5-7-20(35-2)26(18)36-3)31(27(34)25(22)33)28-30-19-13-10-16(29)14-21(19)38-28/h5-14,23,32H,4H2,1-3H3/b24-22+/t23-/m0/s1. The molecule has 0 radical (unpaired) electrons. The minimum Gasteiger partial charge on any atom is -0.507 e. The van der Waals surface area contributed by atoms with Crippen LogP contribution in [0, 0.1) is 5.82 Å². The topological polar surface area (TPSA) is 98.2 Å². The number of halogens is 1. The lowest BCUT2D eigenvalue weighted by Crippen LogP contribution is -2.29. The smallest absolute Gasteiger partial charge is 0.301 e. The summed E-state index contributed by atoms with van der Waals surface area (Å²) in [6, 6.07) is 14.6. The number of methoxy groups -OCH3 is 2. The van der Waals surface area contributed by atoms with Crippen molar-refractivity contribution in [1.82, 2.24) is 4.98 Å². The maximum atomic E-state index is 13.9. The lowest BCUT2D eigenvalue weighted by molar-refractivity contribution is -0.132. The van der Waals surface area contributed by atoms with Gasteiger partial charge in [0.1, 0.15) is 23.4 Å². The predicted octanol–water partition coefficient (Wildman–Crippen LogP) is 5.48. The fourth-order valence-corrected chi connectivity index (χ4v) is 5.49. The largest absolute Gasteiger partial charge is 0.507 e. The molecule has 1 aliphatic rings. The van der Waals surface area contributed by atoms with Gasteiger partial charge < -0.3 is 19.3 Å². The predicted molar refractivity (Wildman–Crippen MR) is 142 cm³/mol. The van der Waals surface area contributed by atoms with Crippen LogP contribution < -0.4 is 19.1 Å². The van der Waals surface area contributed by atoms with E-state index in [1.807, 2.05) is 6.92 Å². The molecule has 1 saturated heterocycles. The molecule has 38 heavy (non-hydrogen) atoms. The quantitative estimate of drug-likeness (QED) is 0.191. The van der Waals surface area contributed by atoms with Crippen molar-refractivity contribution in [2.24, 2.45) is 0 Å². The molecule has 0 spiro atoms. The summed E-state index contributed by atoms with van der Waals surface area (Å²) in [5.41, 5.74) is 1.06. The van der Waals surface area contributed by atoms with Gasteiger partial charge in [-0.2, -0.15) is 0 Å². The van der Waals surface area contributed by atoms with E-state index in [4.69, 9.17) is 14.2 Å². The normalized spacial score (nSPS) is 16.7. The van der Waals surface area contributed by atoms with Crippen LogP contribution in [-0.4, -0.2) is 42.6 Å². The minimum absolute atomic E-state index is 0.142. The first-order valence-corrected chi connectivity index (χ1v) is 12.5. The summed E-state index contributed by atoms with van der Waals surface area (Å²) in [5.74, 6) is -1.33. The average molecular weight is 535 g/mol. The van der Waals surface area contributed by atoms with Gasteiger partial charge in [0.05, 0.1) is 36.6 Å². The van der Waals surface area contributed by atoms with E-state index in [0.717, 1.165) is 11.3 Å². The molecule has 1 aliphatic heterocycles. The van der Waals surface area contributed by atoms with Crippen molar-refractivity contribution < 1.29 is 33.3 Å². The summed E-state index contributed by atoms with van der Waals surface area (Å²) in [4.78, 5) is 32.7. The number of hydrogen-bond donors (Lipinski definition) is 1. The van der Waals surface area contributed by atoms with Gasteiger partial charge in [-0.05, 0) is 55.5 Å². The number of aromatic nitrogens is 1. The summed E-state index contributed by atoms with van der Waals surface area (Å²) in [7, 11) is 2.92. The van der Waals surface area contributed by atoms with Crippen LogP contribution in [0.3, 0.4) is 0 Å². The molecule has 1 aromatic heterocycles. The van der Waals surface area contributed by atoms with E-state index in [1.54, 1.807) is 42.5 Å². The molecule has 3 aromatic carbocycles. The SMILES string of the molecule is CCOc1ccc(/C(O)=C2\C(=O)C(=O)N(c3nc4ccc(F)cc4s3)[C@H]2c2cccc(OC)c2OC)cc1. The Bertz CT molecular complexity index is 1580. The van der Waals surface area contributed by atoms with E-state index in [9.17, 15) is 19.1 Å². The number of para-hydroxylation sites is 1. The summed E-state index contributed by atoms with van der Waals surface area (Å²) in [5, 5.41) is 11.6. The van der Waals surface area contributed by atoms with Gasteiger partial charge in [0.25, 0.3) is 5.78 Å². The first-order valence-electron chi connectivity index (χ1n) is 11.7. The Labute approximate surface area is 221 Å². The zero-order valence-corrected chi connectivity index (χ0v) is 21.5. The van der Waals surface area contributed by atoms with E-state index in [-0.39, 0.29) is 22.2 Å². The number of carbonyl (C=O) groups is 2. The number of thiazole rings is 1. The fourth-order valence-electron chi connectivity index (χ4n) is 4.47. The Morgan fingerprint density at radius 2 is 1.84 bits per heavy atom. The molecule has 1 fully saturated rings. The second-order valence-corrected chi connectivity index (χ2v) is 9.33. The van der Waals surface area contributed by atoms with Crippen molar-refractivity contribution in [1.29, 1.82) is 0 Å². The number of aliphatic hydroxyl groups is 1. The molecule has 2 heterocycles. The van der Waals surface area contributed by atoms with Crippen molar-refractivity contribution in [3.05, 3.63) is 83.2 Å². The van der Waals surface area contributed by atoms with E-state index in [2.05, 4.69) is 4.98 Å². The third kappa shape index (κ3) is 4.22. The van der Waals surface area contributed by atoms with Crippen molar-refractivity contribution >= 4 is 44.1 Å². The number of ether oxygens (including phenoxy) is 3. The monoisotopic (exact) mass is 534 g/mol. The number of rotatable bonds is 7. The number of benzene rings is 3. The number of Topliss-reactive ketones (excluding diaryl/α,β-unsaturated/α-hetero) is 1. The number of carbonyl (C=O) groups excluding carboxylic acids is 2. The molecule has 10 heteroatoms. The molecule has 5 rings (SSSR count). The maximum absolute atomic E-state index is 13.9. The highest BCUT2D eigenvalue weighted by atomic mass is 32.1. The second-order valence-electron chi connectivity index (χ2n) is 8.32. The highest BCUT2D eigenvalue weighted by molar-refractivity contribution is 7.22. The molecule has 0 bridgehead atoms.